The fourth-order valence-electron chi connectivity index (χ4n) is 1.77. The van der Waals surface area contributed by atoms with Crippen LogP contribution in [0.15, 0.2) is 40.8 Å². The Labute approximate surface area is 111 Å². The van der Waals surface area contributed by atoms with Crippen LogP contribution in [-0.4, -0.2) is 13.7 Å². The number of hydrogen-bond donors (Lipinski definition) is 1. The fraction of sp³-hybridized carbons (Fsp3) is 0.286. The van der Waals surface area contributed by atoms with E-state index in [1.54, 1.807) is 19.2 Å². The monoisotopic (exact) mass is 265 g/mol. The molecule has 0 spiro atoms. The highest BCUT2D eigenvalue weighted by Crippen LogP contribution is 2.24. The van der Waals surface area contributed by atoms with Crippen molar-refractivity contribution in [3.8, 4) is 0 Å². The van der Waals surface area contributed by atoms with Crippen LogP contribution >= 0.6 is 11.6 Å². The summed E-state index contributed by atoms with van der Waals surface area (Å²) in [7, 11) is 1.70. The summed E-state index contributed by atoms with van der Waals surface area (Å²) in [6.07, 6.45) is 0.901. The molecule has 96 valence electrons. The summed E-state index contributed by atoms with van der Waals surface area (Å²) in [5.74, 6) is 0.671. The third-order valence-corrected chi connectivity index (χ3v) is 3.04. The Kier molecular flexibility index (Phi) is 4.42. The Morgan fingerprint density at radius 2 is 1.94 bits per heavy atom. The van der Waals surface area contributed by atoms with E-state index in [-0.39, 0.29) is 6.04 Å². The second kappa shape index (κ2) is 6.05. The second-order valence-electron chi connectivity index (χ2n) is 4.10. The number of methoxy groups -OCH3 is 1. The van der Waals surface area contributed by atoms with Crippen LogP contribution in [0.2, 0.25) is 5.22 Å². The van der Waals surface area contributed by atoms with Crippen LogP contribution in [0.4, 0.5) is 0 Å². The van der Waals surface area contributed by atoms with E-state index in [4.69, 9.17) is 26.5 Å². The topological polar surface area (TPSA) is 48.4 Å². The first-order chi connectivity index (χ1) is 8.70. The smallest absolute Gasteiger partial charge is 0.193 e. The molecule has 1 heterocycles. The van der Waals surface area contributed by atoms with Crippen LogP contribution in [0, 0.1) is 0 Å². The molecule has 4 heteroatoms. The molecule has 0 amide bonds. The van der Waals surface area contributed by atoms with Crippen molar-refractivity contribution in [2.45, 2.75) is 12.5 Å². The summed E-state index contributed by atoms with van der Waals surface area (Å²) in [5.41, 5.74) is 8.33. The van der Waals surface area contributed by atoms with Gasteiger partial charge in [-0.3, -0.25) is 0 Å². The normalized spacial score (nSPS) is 12.6. The number of benzene rings is 1. The molecule has 2 rings (SSSR count). The van der Waals surface area contributed by atoms with Gasteiger partial charge in [-0.15, -0.1) is 0 Å². The lowest BCUT2D eigenvalue weighted by Crippen LogP contribution is -2.10. The molecule has 1 aromatic carbocycles. The predicted molar refractivity (Wildman–Crippen MR) is 71.8 cm³/mol. The molecule has 2 N–H and O–H groups in total. The third kappa shape index (κ3) is 3.13. The molecule has 0 fully saturated rings. The third-order valence-electron chi connectivity index (χ3n) is 2.83. The van der Waals surface area contributed by atoms with Gasteiger partial charge in [0.05, 0.1) is 12.6 Å². The maximum atomic E-state index is 6.10. The van der Waals surface area contributed by atoms with Crippen LogP contribution < -0.4 is 5.73 Å². The molecule has 0 radical (unpaired) electrons. The second-order valence-corrected chi connectivity index (χ2v) is 4.48. The Morgan fingerprint density at radius 3 is 2.50 bits per heavy atom. The van der Waals surface area contributed by atoms with Crippen LogP contribution in [0.5, 0.6) is 0 Å². The molecule has 0 saturated carbocycles. The number of halogens is 1. The van der Waals surface area contributed by atoms with Gasteiger partial charge in [0, 0.05) is 7.11 Å². The summed E-state index contributed by atoms with van der Waals surface area (Å²) in [6, 6.07) is 11.3. The van der Waals surface area contributed by atoms with Gasteiger partial charge >= 0.3 is 0 Å². The molecular weight excluding hydrogens is 250 g/mol. The largest absolute Gasteiger partial charge is 0.448 e. The molecule has 0 aliphatic heterocycles. The summed E-state index contributed by atoms with van der Waals surface area (Å²) >= 11 is 5.74. The molecule has 18 heavy (non-hydrogen) atoms. The van der Waals surface area contributed by atoms with Crippen LogP contribution in [0.25, 0.3) is 0 Å². The molecule has 0 aliphatic carbocycles. The standard InChI is InChI=1S/C14H16ClNO2/c1-17-9-8-10-2-4-11(5-3-10)14(16)12-6-7-13(15)18-12/h2-7,14H,8-9,16H2,1H3. The summed E-state index contributed by atoms with van der Waals surface area (Å²) in [5, 5.41) is 0.358. The zero-order chi connectivity index (χ0) is 13.0. The zero-order valence-corrected chi connectivity index (χ0v) is 11.0. The van der Waals surface area contributed by atoms with Crippen molar-refractivity contribution in [1.82, 2.24) is 0 Å². The number of ether oxygens (including phenoxy) is 1. The Bertz CT molecular complexity index is 493. The Balaban J connectivity index is 2.09. The van der Waals surface area contributed by atoms with Crippen molar-refractivity contribution in [3.05, 3.63) is 58.5 Å². The molecule has 1 unspecified atom stereocenters. The van der Waals surface area contributed by atoms with Crippen LogP contribution in [0.3, 0.4) is 0 Å². The van der Waals surface area contributed by atoms with E-state index in [0.717, 1.165) is 18.6 Å². The van der Waals surface area contributed by atoms with Crippen molar-refractivity contribution in [2.75, 3.05) is 13.7 Å². The summed E-state index contributed by atoms with van der Waals surface area (Å²) < 4.78 is 10.4. The minimum absolute atomic E-state index is 0.283. The highest BCUT2D eigenvalue weighted by Gasteiger charge is 2.12. The van der Waals surface area contributed by atoms with Gasteiger partial charge in [-0.2, -0.15) is 0 Å². The summed E-state index contributed by atoms with van der Waals surface area (Å²) in [4.78, 5) is 0. The highest BCUT2D eigenvalue weighted by atomic mass is 35.5. The maximum absolute atomic E-state index is 6.10. The lowest BCUT2D eigenvalue weighted by molar-refractivity contribution is 0.202. The van der Waals surface area contributed by atoms with Crippen molar-refractivity contribution in [2.24, 2.45) is 5.73 Å². The van der Waals surface area contributed by atoms with Gasteiger partial charge in [0.1, 0.15) is 5.76 Å². The van der Waals surface area contributed by atoms with Gasteiger partial charge in [0.25, 0.3) is 0 Å². The molecule has 2 aromatic rings. The molecule has 0 saturated heterocycles. The van der Waals surface area contributed by atoms with Crippen molar-refractivity contribution < 1.29 is 9.15 Å². The van der Waals surface area contributed by atoms with Gasteiger partial charge in [-0.05, 0) is 41.3 Å². The number of rotatable bonds is 5. The average molecular weight is 266 g/mol. The molecule has 0 bridgehead atoms. The summed E-state index contributed by atoms with van der Waals surface area (Å²) in [6.45, 7) is 0.721. The van der Waals surface area contributed by atoms with Crippen LogP contribution in [-0.2, 0) is 11.2 Å². The van der Waals surface area contributed by atoms with Crippen LogP contribution in [0.1, 0.15) is 22.9 Å². The average Bonchev–Trinajstić information content (AvgIpc) is 2.83. The number of nitrogens with two attached hydrogens (primary N) is 1. The van der Waals surface area contributed by atoms with Crippen molar-refractivity contribution in [3.63, 3.8) is 0 Å². The first-order valence-corrected chi connectivity index (χ1v) is 6.17. The van der Waals surface area contributed by atoms with E-state index in [2.05, 4.69) is 12.1 Å². The van der Waals surface area contributed by atoms with E-state index in [9.17, 15) is 0 Å². The van der Waals surface area contributed by atoms with E-state index in [1.165, 1.54) is 5.56 Å². The zero-order valence-electron chi connectivity index (χ0n) is 10.2. The van der Waals surface area contributed by atoms with Crippen molar-refractivity contribution >= 4 is 11.6 Å². The lowest BCUT2D eigenvalue weighted by atomic mass is 10.0. The maximum Gasteiger partial charge on any atom is 0.193 e. The molecule has 3 nitrogen and oxygen atoms in total. The predicted octanol–water partition coefficient (Wildman–Crippen LogP) is 3.17. The molecule has 1 aromatic heterocycles. The van der Waals surface area contributed by atoms with E-state index < -0.39 is 0 Å². The van der Waals surface area contributed by atoms with Gasteiger partial charge in [0.2, 0.25) is 0 Å². The first kappa shape index (κ1) is 13.1. The molecule has 1 atom stereocenters. The Morgan fingerprint density at radius 1 is 1.22 bits per heavy atom. The first-order valence-electron chi connectivity index (χ1n) is 5.79. The minimum atomic E-state index is -0.283. The van der Waals surface area contributed by atoms with Gasteiger partial charge in [0.15, 0.2) is 5.22 Å². The van der Waals surface area contributed by atoms with E-state index in [0.29, 0.717) is 11.0 Å². The Hall–Kier alpha value is -1.29. The van der Waals surface area contributed by atoms with Crippen molar-refractivity contribution in [1.29, 1.82) is 0 Å². The fourth-order valence-corrected chi connectivity index (χ4v) is 1.92. The quantitative estimate of drug-likeness (QED) is 0.903. The number of hydrogen-bond acceptors (Lipinski definition) is 3. The highest BCUT2D eigenvalue weighted by molar-refractivity contribution is 6.28. The minimum Gasteiger partial charge on any atom is -0.448 e. The SMILES string of the molecule is COCCc1ccc(C(N)c2ccc(Cl)o2)cc1. The lowest BCUT2D eigenvalue weighted by Gasteiger charge is -2.10. The van der Waals surface area contributed by atoms with Gasteiger partial charge in [-0.1, -0.05) is 24.3 Å². The number of furan rings is 1. The van der Waals surface area contributed by atoms with Gasteiger partial charge < -0.3 is 14.9 Å². The van der Waals surface area contributed by atoms with E-state index >= 15 is 0 Å². The molecule has 0 aliphatic rings. The van der Waals surface area contributed by atoms with Gasteiger partial charge in [-0.25, -0.2) is 0 Å². The van der Waals surface area contributed by atoms with E-state index in [1.807, 2.05) is 12.1 Å². The molecular formula is C14H16ClNO2.